The van der Waals surface area contributed by atoms with E-state index in [-0.39, 0.29) is 18.1 Å². The maximum Gasteiger partial charge on any atom is 0.193 e. The van der Waals surface area contributed by atoms with Crippen LogP contribution in [0.3, 0.4) is 0 Å². The molecule has 5 aliphatic rings. The number of allylic oxidation sites excluding steroid dienone is 4. The minimum Gasteiger partial charge on any atom is -0.390 e. The van der Waals surface area contributed by atoms with Gasteiger partial charge >= 0.3 is 0 Å². The van der Waals surface area contributed by atoms with Crippen LogP contribution in [0.4, 0.5) is 4.39 Å². The molecule has 5 rings (SSSR count). The second-order valence-corrected chi connectivity index (χ2v) is 10.9. The largest absolute Gasteiger partial charge is 0.390 e. The number of ketones is 2. The lowest BCUT2D eigenvalue weighted by molar-refractivity contribution is -0.246. The Morgan fingerprint density at radius 2 is 1.97 bits per heavy atom. The fourth-order valence-electron chi connectivity index (χ4n) is 7.93. The average molecular weight is 435 g/mol. The van der Waals surface area contributed by atoms with Gasteiger partial charge in [-0.1, -0.05) is 18.6 Å². The van der Waals surface area contributed by atoms with Crippen LogP contribution in [0, 0.1) is 22.7 Å². The Morgan fingerprint density at radius 1 is 1.26 bits per heavy atom. The molecule has 0 bridgehead atoms. The van der Waals surface area contributed by atoms with Crippen LogP contribution in [0.5, 0.6) is 0 Å². The van der Waals surface area contributed by atoms with Crippen LogP contribution in [0.15, 0.2) is 23.8 Å². The second-order valence-electron chi connectivity index (χ2n) is 10.9. The molecule has 0 aromatic carbocycles. The average Bonchev–Trinajstić information content (AvgIpc) is 3.09. The summed E-state index contributed by atoms with van der Waals surface area (Å²) in [7, 11) is 0. The zero-order chi connectivity index (χ0) is 22.6. The number of ether oxygens (including phenoxy) is 2. The Balaban J connectivity index is 1.64. The first-order chi connectivity index (χ1) is 14.4. The van der Waals surface area contributed by atoms with Crippen molar-refractivity contribution in [2.75, 3.05) is 6.61 Å². The summed E-state index contributed by atoms with van der Waals surface area (Å²) in [4.78, 5) is 25.1. The summed E-state index contributed by atoms with van der Waals surface area (Å²) in [6, 6.07) is 0. The highest BCUT2D eigenvalue weighted by atomic mass is 19.1. The Bertz CT molecular complexity index is 925. The minimum absolute atomic E-state index is 0.0109. The lowest BCUT2D eigenvalue weighted by atomic mass is 9.44. The van der Waals surface area contributed by atoms with Gasteiger partial charge in [-0.3, -0.25) is 9.59 Å². The molecule has 7 heteroatoms. The molecular formula is C24H31FO6. The van der Waals surface area contributed by atoms with Gasteiger partial charge in [-0.25, -0.2) is 4.39 Å². The number of aliphatic hydroxyl groups is 2. The summed E-state index contributed by atoms with van der Waals surface area (Å²) in [5.74, 6) is -2.46. The topological polar surface area (TPSA) is 93.1 Å². The van der Waals surface area contributed by atoms with Crippen molar-refractivity contribution in [1.29, 1.82) is 0 Å². The predicted molar refractivity (Wildman–Crippen MR) is 109 cm³/mol. The number of halogens is 1. The molecule has 1 aliphatic heterocycles. The Morgan fingerprint density at radius 3 is 2.65 bits per heavy atom. The SMILES string of the molecule is CC1(C)O[C@@H]2C[C@@H]3[C@@H]4CCC5=CC(=O)C=C[C@]5(C)[C@@]4(F)[C@@H](O)C[C@@]3(C)[C@]2(C(=O)CO)O1. The molecule has 2 N–H and O–H groups in total. The van der Waals surface area contributed by atoms with Crippen molar-refractivity contribution in [1.82, 2.24) is 0 Å². The van der Waals surface area contributed by atoms with E-state index in [1.165, 1.54) is 12.2 Å². The fourth-order valence-corrected chi connectivity index (χ4v) is 7.93. The van der Waals surface area contributed by atoms with Gasteiger partial charge in [-0.2, -0.15) is 0 Å². The monoisotopic (exact) mass is 434 g/mol. The Kier molecular flexibility index (Phi) is 4.24. The van der Waals surface area contributed by atoms with Gasteiger partial charge in [0.05, 0.1) is 12.2 Å². The van der Waals surface area contributed by atoms with E-state index in [1.54, 1.807) is 26.8 Å². The molecule has 8 atom stereocenters. The molecular weight excluding hydrogens is 403 g/mol. The van der Waals surface area contributed by atoms with Gasteiger partial charge in [0.25, 0.3) is 0 Å². The lowest BCUT2D eigenvalue weighted by Crippen LogP contribution is -2.70. The molecule has 0 radical (unpaired) electrons. The Labute approximate surface area is 181 Å². The number of hydrogen-bond donors (Lipinski definition) is 2. The summed E-state index contributed by atoms with van der Waals surface area (Å²) in [5.41, 5.74) is -4.66. The van der Waals surface area contributed by atoms with Crippen LogP contribution in [0.2, 0.25) is 0 Å². The van der Waals surface area contributed by atoms with E-state index in [2.05, 4.69) is 0 Å². The normalized spacial score (nSPS) is 52.1. The molecule has 0 amide bonds. The molecule has 31 heavy (non-hydrogen) atoms. The molecule has 4 aliphatic carbocycles. The van der Waals surface area contributed by atoms with E-state index < -0.39 is 58.4 Å². The van der Waals surface area contributed by atoms with Crippen LogP contribution >= 0.6 is 0 Å². The maximum absolute atomic E-state index is 17.1. The molecule has 0 aromatic heterocycles. The first-order valence-electron chi connectivity index (χ1n) is 11.2. The van der Waals surface area contributed by atoms with Crippen molar-refractivity contribution in [3.8, 4) is 0 Å². The van der Waals surface area contributed by atoms with Crippen molar-refractivity contribution in [3.05, 3.63) is 23.8 Å². The van der Waals surface area contributed by atoms with Crippen molar-refractivity contribution in [2.24, 2.45) is 22.7 Å². The van der Waals surface area contributed by atoms with Crippen LogP contribution in [-0.2, 0) is 19.1 Å². The molecule has 170 valence electrons. The fraction of sp³-hybridized carbons (Fsp3) is 0.750. The molecule has 3 saturated carbocycles. The first-order valence-corrected chi connectivity index (χ1v) is 11.2. The zero-order valence-corrected chi connectivity index (χ0v) is 18.5. The highest BCUT2D eigenvalue weighted by molar-refractivity contribution is 6.01. The summed E-state index contributed by atoms with van der Waals surface area (Å²) in [5, 5.41) is 21.2. The van der Waals surface area contributed by atoms with Crippen LogP contribution in [0.1, 0.15) is 53.4 Å². The first kappa shape index (κ1) is 21.4. The third-order valence-corrected chi connectivity index (χ3v) is 9.19. The standard InChI is InChI=1S/C24H31FO6/c1-20(2)30-19-10-16-15-6-5-13-9-14(27)7-8-21(13,3)23(15,25)17(28)11-22(16,4)24(19,31-20)18(29)12-26/h7-9,15-17,19,26,28H,5-6,10-12H2,1-4H3/t15-,16+,17-,19+,21-,22+,23-,24+/m0/s1. The molecule has 0 spiro atoms. The van der Waals surface area contributed by atoms with E-state index >= 15 is 4.39 Å². The summed E-state index contributed by atoms with van der Waals surface area (Å²) < 4.78 is 29.5. The molecule has 4 fully saturated rings. The van der Waals surface area contributed by atoms with Gasteiger partial charge in [0.1, 0.15) is 6.61 Å². The van der Waals surface area contributed by atoms with Gasteiger partial charge in [-0.15, -0.1) is 0 Å². The van der Waals surface area contributed by atoms with E-state index in [0.717, 1.165) is 5.57 Å². The maximum atomic E-state index is 17.1. The second kappa shape index (κ2) is 6.13. The van der Waals surface area contributed by atoms with Crippen molar-refractivity contribution < 1.29 is 33.7 Å². The number of Topliss-reactive ketones (excluding diaryl/α,β-unsaturated/α-hetero) is 1. The van der Waals surface area contributed by atoms with Gasteiger partial charge in [-0.05, 0) is 64.5 Å². The number of fused-ring (bicyclic) bond motifs is 7. The summed E-state index contributed by atoms with van der Waals surface area (Å²) in [6.07, 6.45) is 4.00. The summed E-state index contributed by atoms with van der Waals surface area (Å²) in [6.45, 7) is 6.41. The molecule has 0 unspecified atom stereocenters. The highest BCUT2D eigenvalue weighted by Crippen LogP contribution is 2.72. The molecule has 6 nitrogen and oxygen atoms in total. The number of carbonyl (C=O) groups is 2. The van der Waals surface area contributed by atoms with E-state index in [1.807, 2.05) is 6.92 Å². The van der Waals surface area contributed by atoms with Crippen LogP contribution < -0.4 is 0 Å². The molecule has 0 aromatic rings. The lowest BCUT2D eigenvalue weighted by Gasteiger charge is -2.62. The van der Waals surface area contributed by atoms with E-state index in [9.17, 15) is 19.8 Å². The van der Waals surface area contributed by atoms with E-state index in [0.29, 0.717) is 19.3 Å². The van der Waals surface area contributed by atoms with Crippen molar-refractivity contribution in [3.63, 3.8) is 0 Å². The highest BCUT2D eigenvalue weighted by Gasteiger charge is 2.79. The Hall–Kier alpha value is -1.41. The van der Waals surface area contributed by atoms with Crippen molar-refractivity contribution >= 4 is 11.6 Å². The zero-order valence-electron chi connectivity index (χ0n) is 18.5. The third kappa shape index (κ3) is 2.31. The summed E-state index contributed by atoms with van der Waals surface area (Å²) >= 11 is 0. The van der Waals surface area contributed by atoms with Crippen LogP contribution in [0.25, 0.3) is 0 Å². The van der Waals surface area contributed by atoms with Gasteiger partial charge < -0.3 is 19.7 Å². The third-order valence-electron chi connectivity index (χ3n) is 9.19. The number of aliphatic hydroxyl groups excluding tert-OH is 2. The predicted octanol–water partition coefficient (Wildman–Crippen LogP) is 2.42. The van der Waals surface area contributed by atoms with Gasteiger partial charge in [0.15, 0.2) is 28.6 Å². The minimum atomic E-state index is -1.98. The smallest absolute Gasteiger partial charge is 0.193 e. The number of alkyl halides is 1. The van der Waals surface area contributed by atoms with E-state index in [4.69, 9.17) is 9.47 Å². The molecule has 1 heterocycles. The van der Waals surface area contributed by atoms with Gasteiger partial charge in [0, 0.05) is 16.7 Å². The molecule has 1 saturated heterocycles. The van der Waals surface area contributed by atoms with Crippen LogP contribution in [-0.4, -0.2) is 57.7 Å². The number of hydrogen-bond acceptors (Lipinski definition) is 6. The number of rotatable bonds is 2. The van der Waals surface area contributed by atoms with Gasteiger partial charge in [0.2, 0.25) is 0 Å². The number of carbonyl (C=O) groups excluding carboxylic acids is 2. The quantitative estimate of drug-likeness (QED) is 0.694. The van der Waals surface area contributed by atoms with Crippen molar-refractivity contribution in [2.45, 2.75) is 82.6 Å².